The number of hydrogen-bond donors (Lipinski definition) is 0. The summed E-state index contributed by atoms with van der Waals surface area (Å²) >= 11 is 6.25. The molecule has 0 saturated carbocycles. The zero-order chi connectivity index (χ0) is 16.2. The molecule has 0 aliphatic rings. The molecule has 0 bridgehead atoms. The van der Waals surface area contributed by atoms with Gasteiger partial charge in [-0.25, -0.2) is 9.97 Å². The molecule has 0 fully saturated rings. The van der Waals surface area contributed by atoms with Gasteiger partial charge in [-0.05, 0) is 24.1 Å². The van der Waals surface area contributed by atoms with E-state index in [0.29, 0.717) is 33.4 Å². The van der Waals surface area contributed by atoms with Gasteiger partial charge in [0.05, 0.1) is 19.7 Å². The standard InChI is InChI=1S/C18H13ClN2O2/c1-22-15-10-13-14(11-16(15)23-2)20-17(21-18(13)19)9-8-12-6-4-3-5-7-12/h3-7,10-11H,1-2H3. The lowest BCUT2D eigenvalue weighted by molar-refractivity contribution is 0.356. The summed E-state index contributed by atoms with van der Waals surface area (Å²) in [5, 5.41) is 1.02. The minimum Gasteiger partial charge on any atom is -0.493 e. The first-order valence-corrected chi connectivity index (χ1v) is 7.25. The Hall–Kier alpha value is -2.77. The van der Waals surface area contributed by atoms with Crippen LogP contribution >= 0.6 is 11.6 Å². The van der Waals surface area contributed by atoms with Crippen LogP contribution in [0.2, 0.25) is 5.15 Å². The lowest BCUT2D eigenvalue weighted by Crippen LogP contribution is -1.95. The second-order valence-corrected chi connectivity index (χ2v) is 5.04. The third-order valence-corrected chi connectivity index (χ3v) is 3.54. The zero-order valence-corrected chi connectivity index (χ0v) is 13.4. The van der Waals surface area contributed by atoms with Crippen LogP contribution in [-0.2, 0) is 0 Å². The van der Waals surface area contributed by atoms with Crippen molar-refractivity contribution in [3.63, 3.8) is 0 Å². The molecule has 1 aromatic heterocycles. The molecule has 0 spiro atoms. The smallest absolute Gasteiger partial charge is 0.207 e. The molecule has 1 heterocycles. The SMILES string of the molecule is COc1cc2nc(C#Cc3ccccc3)nc(Cl)c2cc1OC. The van der Waals surface area contributed by atoms with Gasteiger partial charge >= 0.3 is 0 Å². The molecule has 23 heavy (non-hydrogen) atoms. The molecule has 0 atom stereocenters. The molecule has 0 N–H and O–H groups in total. The molecule has 0 unspecified atom stereocenters. The summed E-state index contributed by atoms with van der Waals surface area (Å²) in [6, 6.07) is 13.1. The molecule has 5 heteroatoms. The lowest BCUT2D eigenvalue weighted by Gasteiger charge is -2.09. The Morgan fingerprint density at radius 3 is 2.30 bits per heavy atom. The highest BCUT2D eigenvalue weighted by atomic mass is 35.5. The Bertz CT molecular complexity index is 915. The monoisotopic (exact) mass is 324 g/mol. The van der Waals surface area contributed by atoms with Crippen LogP contribution in [0.3, 0.4) is 0 Å². The molecular weight excluding hydrogens is 312 g/mol. The van der Waals surface area contributed by atoms with Crippen molar-refractivity contribution >= 4 is 22.5 Å². The van der Waals surface area contributed by atoms with Gasteiger partial charge in [0.15, 0.2) is 11.5 Å². The van der Waals surface area contributed by atoms with Crippen LogP contribution in [0.25, 0.3) is 10.9 Å². The largest absolute Gasteiger partial charge is 0.493 e. The average molecular weight is 325 g/mol. The van der Waals surface area contributed by atoms with Crippen molar-refractivity contribution in [3.05, 3.63) is 59.0 Å². The fourth-order valence-electron chi connectivity index (χ4n) is 2.12. The molecular formula is C18H13ClN2O2. The first-order chi connectivity index (χ1) is 11.2. The number of nitrogens with zero attached hydrogens (tertiary/aromatic N) is 2. The highest BCUT2D eigenvalue weighted by molar-refractivity contribution is 6.34. The molecule has 0 aliphatic carbocycles. The van der Waals surface area contributed by atoms with Crippen molar-refractivity contribution in [2.24, 2.45) is 0 Å². The second-order valence-electron chi connectivity index (χ2n) is 4.68. The van der Waals surface area contributed by atoms with Crippen LogP contribution in [0.1, 0.15) is 11.4 Å². The predicted octanol–water partition coefficient (Wildman–Crippen LogP) is 3.70. The fraction of sp³-hybridized carbons (Fsp3) is 0.111. The summed E-state index contributed by atoms with van der Waals surface area (Å²) in [6.07, 6.45) is 0. The van der Waals surface area contributed by atoms with Gasteiger partial charge in [-0.2, -0.15) is 0 Å². The maximum atomic E-state index is 6.25. The normalized spacial score (nSPS) is 10.0. The minimum absolute atomic E-state index is 0.327. The Morgan fingerprint density at radius 1 is 0.913 bits per heavy atom. The summed E-state index contributed by atoms with van der Waals surface area (Å²) in [5.74, 6) is 7.46. The van der Waals surface area contributed by atoms with Gasteiger partial charge in [-0.15, -0.1) is 0 Å². The van der Waals surface area contributed by atoms with Crippen LogP contribution in [0, 0.1) is 11.8 Å². The number of methoxy groups -OCH3 is 2. The van der Waals surface area contributed by atoms with E-state index >= 15 is 0 Å². The van der Waals surface area contributed by atoms with Gasteiger partial charge in [0.1, 0.15) is 5.15 Å². The van der Waals surface area contributed by atoms with Gasteiger partial charge in [-0.1, -0.05) is 35.7 Å². The molecule has 2 aromatic carbocycles. The van der Waals surface area contributed by atoms with Gasteiger partial charge in [0.2, 0.25) is 5.82 Å². The van der Waals surface area contributed by atoms with Crippen molar-refractivity contribution < 1.29 is 9.47 Å². The zero-order valence-electron chi connectivity index (χ0n) is 12.6. The summed E-state index contributed by atoms with van der Waals surface area (Å²) in [5.41, 5.74) is 1.54. The van der Waals surface area contributed by atoms with Crippen molar-refractivity contribution in [2.45, 2.75) is 0 Å². The number of rotatable bonds is 2. The molecule has 0 saturated heterocycles. The van der Waals surface area contributed by atoms with E-state index in [-0.39, 0.29) is 0 Å². The summed E-state index contributed by atoms with van der Waals surface area (Å²) in [6.45, 7) is 0. The highest BCUT2D eigenvalue weighted by Gasteiger charge is 2.11. The van der Waals surface area contributed by atoms with E-state index in [1.165, 1.54) is 0 Å². The second kappa shape index (κ2) is 6.55. The Morgan fingerprint density at radius 2 is 1.61 bits per heavy atom. The van der Waals surface area contributed by atoms with Gasteiger partial charge in [0.25, 0.3) is 0 Å². The van der Waals surface area contributed by atoms with Crippen molar-refractivity contribution in [1.29, 1.82) is 0 Å². The van der Waals surface area contributed by atoms with E-state index in [9.17, 15) is 0 Å². The molecule has 4 nitrogen and oxygen atoms in total. The third-order valence-electron chi connectivity index (χ3n) is 3.25. The van der Waals surface area contributed by atoms with Crippen molar-refractivity contribution in [3.8, 4) is 23.3 Å². The Labute approximate surface area is 139 Å². The minimum atomic E-state index is 0.327. The maximum Gasteiger partial charge on any atom is 0.207 e. The van der Waals surface area contributed by atoms with Crippen molar-refractivity contribution in [1.82, 2.24) is 9.97 Å². The van der Waals surface area contributed by atoms with Crippen LogP contribution in [-0.4, -0.2) is 24.2 Å². The average Bonchev–Trinajstić information content (AvgIpc) is 2.59. The first-order valence-electron chi connectivity index (χ1n) is 6.87. The van der Waals surface area contributed by atoms with Gasteiger partial charge in [0, 0.05) is 17.0 Å². The van der Waals surface area contributed by atoms with E-state index in [1.54, 1.807) is 26.4 Å². The number of fused-ring (bicyclic) bond motifs is 1. The van der Waals surface area contributed by atoms with Gasteiger partial charge < -0.3 is 9.47 Å². The topological polar surface area (TPSA) is 44.2 Å². The fourth-order valence-corrected chi connectivity index (χ4v) is 2.36. The van der Waals surface area contributed by atoms with E-state index in [0.717, 1.165) is 5.56 Å². The molecule has 3 aromatic rings. The maximum absolute atomic E-state index is 6.25. The highest BCUT2D eigenvalue weighted by Crippen LogP contribution is 2.33. The van der Waals surface area contributed by atoms with E-state index in [1.807, 2.05) is 30.3 Å². The van der Waals surface area contributed by atoms with E-state index in [2.05, 4.69) is 21.8 Å². The third kappa shape index (κ3) is 3.20. The van der Waals surface area contributed by atoms with Crippen LogP contribution in [0.15, 0.2) is 42.5 Å². The van der Waals surface area contributed by atoms with E-state index in [4.69, 9.17) is 21.1 Å². The van der Waals surface area contributed by atoms with Gasteiger partial charge in [-0.3, -0.25) is 0 Å². The van der Waals surface area contributed by atoms with Crippen LogP contribution in [0.4, 0.5) is 0 Å². The Balaban J connectivity index is 2.09. The molecule has 0 aliphatic heterocycles. The number of halogens is 1. The summed E-state index contributed by atoms with van der Waals surface area (Å²) in [7, 11) is 3.14. The molecule has 114 valence electrons. The lowest BCUT2D eigenvalue weighted by atomic mass is 10.2. The number of ether oxygens (including phenoxy) is 2. The number of benzene rings is 2. The summed E-state index contributed by atoms with van der Waals surface area (Å²) < 4.78 is 10.6. The molecule has 0 amide bonds. The molecule has 0 radical (unpaired) electrons. The number of aromatic nitrogens is 2. The van der Waals surface area contributed by atoms with Crippen LogP contribution in [0.5, 0.6) is 11.5 Å². The number of hydrogen-bond acceptors (Lipinski definition) is 4. The van der Waals surface area contributed by atoms with Crippen molar-refractivity contribution in [2.75, 3.05) is 14.2 Å². The predicted molar refractivity (Wildman–Crippen MR) is 90.1 cm³/mol. The summed E-state index contributed by atoms with van der Waals surface area (Å²) in [4.78, 5) is 8.66. The van der Waals surface area contributed by atoms with E-state index < -0.39 is 0 Å². The molecule has 3 rings (SSSR count). The quantitative estimate of drug-likeness (QED) is 0.532. The van der Waals surface area contributed by atoms with Crippen LogP contribution < -0.4 is 9.47 Å². The first kappa shape index (κ1) is 15.1. The Kier molecular flexibility index (Phi) is 4.31.